The molecule has 0 aliphatic heterocycles. The number of hydrogen-bond donors (Lipinski definition) is 1. The van der Waals surface area contributed by atoms with Crippen molar-refractivity contribution in [2.24, 2.45) is 0 Å². The van der Waals surface area contributed by atoms with Crippen molar-refractivity contribution >= 4 is 28.5 Å². The second-order valence-electron chi connectivity index (χ2n) is 4.10. The number of aromatic carboxylic acids is 1. The summed E-state index contributed by atoms with van der Waals surface area (Å²) in [5.74, 6) is -1.06. The first-order valence-electron chi connectivity index (χ1n) is 6.29. The van der Waals surface area contributed by atoms with Crippen molar-refractivity contribution in [2.45, 2.75) is 13.5 Å². The first kappa shape index (κ1) is 15.0. The zero-order valence-electron chi connectivity index (χ0n) is 11.4. The van der Waals surface area contributed by atoms with Gasteiger partial charge in [0.25, 0.3) is 0 Å². The molecule has 0 spiro atoms. The van der Waals surface area contributed by atoms with Crippen molar-refractivity contribution in [3.05, 3.63) is 47.0 Å². The quantitative estimate of drug-likeness (QED) is 0.918. The van der Waals surface area contributed by atoms with Crippen LogP contribution in [-0.2, 0) is 11.3 Å². The molecule has 2 aromatic rings. The molecular weight excluding hydrogens is 292 g/mol. The fraction of sp³-hybridized carbons (Fsp3) is 0.214. The van der Waals surface area contributed by atoms with Crippen LogP contribution in [0.2, 0.25) is 0 Å². The molecule has 21 heavy (non-hydrogen) atoms. The number of benzene rings is 1. The van der Waals surface area contributed by atoms with E-state index in [0.29, 0.717) is 11.7 Å². The largest absolute Gasteiger partial charge is 0.477 e. The Labute approximate surface area is 125 Å². The molecule has 0 bridgehead atoms. The lowest BCUT2D eigenvalue weighted by molar-refractivity contribution is 0.0702. The molecule has 110 valence electrons. The highest BCUT2D eigenvalue weighted by Crippen LogP contribution is 2.23. The Bertz CT molecular complexity index is 627. The zero-order valence-corrected chi connectivity index (χ0v) is 12.2. The Morgan fingerprint density at radius 1 is 1.33 bits per heavy atom. The summed E-state index contributed by atoms with van der Waals surface area (Å²) in [6.07, 6.45) is 0.683. The van der Waals surface area contributed by atoms with Gasteiger partial charge in [0.05, 0.1) is 6.20 Å². The van der Waals surface area contributed by atoms with Crippen molar-refractivity contribution in [3.63, 3.8) is 0 Å². The highest BCUT2D eigenvalue weighted by Gasteiger charge is 2.20. The number of carbonyl (C=O) groups is 2. The molecule has 0 aliphatic carbocycles. The van der Waals surface area contributed by atoms with E-state index in [2.05, 4.69) is 4.98 Å². The number of ether oxygens (including phenoxy) is 1. The van der Waals surface area contributed by atoms with Gasteiger partial charge in [0.1, 0.15) is 11.5 Å². The fourth-order valence-electron chi connectivity index (χ4n) is 1.63. The smallest absolute Gasteiger partial charge is 0.416 e. The topological polar surface area (TPSA) is 79.7 Å². The number of amides is 1. The molecule has 0 aliphatic rings. The third-order valence-corrected chi connectivity index (χ3v) is 3.69. The molecule has 1 N–H and O–H groups in total. The molecule has 2 rings (SSSR count). The number of hydrogen-bond acceptors (Lipinski definition) is 5. The number of nitrogens with zero attached hydrogens (tertiary/aromatic N) is 2. The summed E-state index contributed by atoms with van der Waals surface area (Å²) in [6, 6.07) is 9.32. The van der Waals surface area contributed by atoms with Gasteiger partial charge in [-0.1, -0.05) is 41.7 Å². The lowest BCUT2D eigenvalue weighted by atomic mass is 10.2. The Hall–Kier alpha value is -2.41. The maximum Gasteiger partial charge on any atom is 0.416 e. The second-order valence-corrected chi connectivity index (χ2v) is 5.11. The Morgan fingerprint density at radius 2 is 2.05 bits per heavy atom. The zero-order chi connectivity index (χ0) is 15.2. The molecule has 1 heterocycles. The van der Waals surface area contributed by atoms with Crippen LogP contribution in [0.3, 0.4) is 0 Å². The number of carboxylic acids is 1. The molecule has 1 aromatic heterocycles. The number of anilines is 1. The van der Waals surface area contributed by atoms with E-state index in [1.165, 1.54) is 11.1 Å². The molecule has 1 aromatic carbocycles. The van der Waals surface area contributed by atoms with Crippen LogP contribution in [0.5, 0.6) is 0 Å². The highest BCUT2D eigenvalue weighted by atomic mass is 32.1. The summed E-state index contributed by atoms with van der Waals surface area (Å²) >= 11 is 0.938. The second kappa shape index (κ2) is 6.85. The molecule has 6 nitrogen and oxygen atoms in total. The Morgan fingerprint density at radius 3 is 2.62 bits per heavy atom. The fourth-order valence-corrected chi connectivity index (χ4v) is 2.44. The molecular formula is C14H14N2O4S. The maximum atomic E-state index is 12.1. The van der Waals surface area contributed by atoms with Gasteiger partial charge in [-0.3, -0.25) is 4.90 Å². The van der Waals surface area contributed by atoms with Crippen LogP contribution in [0.15, 0.2) is 36.5 Å². The van der Waals surface area contributed by atoms with Gasteiger partial charge < -0.3 is 9.84 Å². The molecule has 0 radical (unpaired) electrons. The van der Waals surface area contributed by atoms with Crippen LogP contribution >= 0.6 is 11.3 Å². The van der Waals surface area contributed by atoms with E-state index in [0.717, 1.165) is 16.9 Å². The summed E-state index contributed by atoms with van der Waals surface area (Å²) in [4.78, 5) is 28.2. The minimum atomic E-state index is -1.06. The SMILES string of the molecule is CCN(C(=O)OCc1ccccc1)c1ncc(C(=O)O)s1. The number of carbonyl (C=O) groups excluding carboxylic acids is 1. The van der Waals surface area contributed by atoms with Gasteiger partial charge in [0.15, 0.2) is 5.13 Å². The minimum Gasteiger partial charge on any atom is -0.477 e. The van der Waals surface area contributed by atoms with E-state index < -0.39 is 12.1 Å². The Kier molecular flexibility index (Phi) is 4.89. The van der Waals surface area contributed by atoms with Crippen LogP contribution < -0.4 is 4.90 Å². The van der Waals surface area contributed by atoms with Gasteiger partial charge in [-0.05, 0) is 12.5 Å². The van der Waals surface area contributed by atoms with Crippen molar-refractivity contribution < 1.29 is 19.4 Å². The predicted molar refractivity (Wildman–Crippen MR) is 78.7 cm³/mol. The van der Waals surface area contributed by atoms with Crippen LogP contribution in [0.1, 0.15) is 22.2 Å². The third kappa shape index (κ3) is 3.79. The summed E-state index contributed by atoms with van der Waals surface area (Å²) in [6.45, 7) is 2.28. The first-order chi connectivity index (χ1) is 10.1. The first-order valence-corrected chi connectivity index (χ1v) is 7.10. The van der Waals surface area contributed by atoms with E-state index in [9.17, 15) is 9.59 Å². The van der Waals surface area contributed by atoms with Crippen molar-refractivity contribution in [1.82, 2.24) is 4.98 Å². The number of carboxylic acid groups (broad SMARTS) is 1. The average Bonchev–Trinajstić information content (AvgIpc) is 2.97. The van der Waals surface area contributed by atoms with Crippen LogP contribution in [0.4, 0.5) is 9.93 Å². The summed E-state index contributed by atoms with van der Waals surface area (Å²) in [7, 11) is 0. The molecule has 1 amide bonds. The number of thiazole rings is 1. The van der Waals surface area contributed by atoms with Crippen molar-refractivity contribution in [2.75, 3.05) is 11.4 Å². The van der Waals surface area contributed by atoms with Crippen LogP contribution in [0.25, 0.3) is 0 Å². The molecule has 0 saturated heterocycles. The minimum absolute atomic E-state index is 0.0827. The van der Waals surface area contributed by atoms with Crippen molar-refractivity contribution in [3.8, 4) is 0 Å². The summed E-state index contributed by atoms with van der Waals surface area (Å²) in [5.41, 5.74) is 0.882. The normalized spacial score (nSPS) is 10.1. The molecule has 0 fully saturated rings. The molecule has 0 saturated carbocycles. The van der Waals surface area contributed by atoms with Gasteiger partial charge >= 0.3 is 12.1 Å². The standard InChI is InChI=1S/C14H14N2O4S/c1-2-16(13-15-8-11(21-13)12(17)18)14(19)20-9-10-6-4-3-5-7-10/h3-8H,2,9H2,1H3,(H,17,18). The Balaban J connectivity index is 2.02. The molecule has 7 heteroatoms. The van der Waals surface area contributed by atoms with E-state index in [1.807, 2.05) is 30.3 Å². The highest BCUT2D eigenvalue weighted by molar-refractivity contribution is 7.17. The van der Waals surface area contributed by atoms with Gasteiger partial charge in [-0.2, -0.15) is 0 Å². The van der Waals surface area contributed by atoms with Crippen LogP contribution in [-0.4, -0.2) is 28.7 Å². The van der Waals surface area contributed by atoms with E-state index >= 15 is 0 Å². The number of aromatic nitrogens is 1. The maximum absolute atomic E-state index is 12.1. The average molecular weight is 306 g/mol. The monoisotopic (exact) mass is 306 g/mol. The van der Waals surface area contributed by atoms with Crippen molar-refractivity contribution in [1.29, 1.82) is 0 Å². The molecule has 0 unspecified atom stereocenters. The van der Waals surface area contributed by atoms with E-state index in [-0.39, 0.29) is 11.5 Å². The van der Waals surface area contributed by atoms with Gasteiger partial charge in [0.2, 0.25) is 0 Å². The van der Waals surface area contributed by atoms with Gasteiger partial charge in [0, 0.05) is 6.54 Å². The van der Waals surface area contributed by atoms with Gasteiger partial charge in [-0.25, -0.2) is 14.6 Å². The lowest BCUT2D eigenvalue weighted by Gasteiger charge is -2.17. The van der Waals surface area contributed by atoms with E-state index in [4.69, 9.17) is 9.84 Å². The predicted octanol–water partition coefficient (Wildman–Crippen LogP) is 3.00. The van der Waals surface area contributed by atoms with Crippen LogP contribution in [0, 0.1) is 0 Å². The molecule has 0 atom stereocenters. The summed E-state index contributed by atoms with van der Waals surface area (Å²) in [5, 5.41) is 9.19. The number of rotatable bonds is 5. The third-order valence-electron chi connectivity index (χ3n) is 2.68. The summed E-state index contributed by atoms with van der Waals surface area (Å²) < 4.78 is 5.21. The lowest BCUT2D eigenvalue weighted by Crippen LogP contribution is -2.31. The van der Waals surface area contributed by atoms with E-state index in [1.54, 1.807) is 6.92 Å². The van der Waals surface area contributed by atoms with Gasteiger partial charge in [-0.15, -0.1) is 0 Å².